The quantitative estimate of drug-likeness (QED) is 0.783. The van der Waals surface area contributed by atoms with Crippen LogP contribution in [0.2, 0.25) is 0 Å². The molecule has 1 N–H and O–H groups in total. The number of rotatable bonds is 8. The highest BCUT2D eigenvalue weighted by Gasteiger charge is 2.31. The van der Waals surface area contributed by atoms with Crippen molar-refractivity contribution in [3.8, 4) is 0 Å². The van der Waals surface area contributed by atoms with Gasteiger partial charge in [-0.2, -0.15) is 13.2 Å². The fourth-order valence-corrected chi connectivity index (χ4v) is 2.56. The highest BCUT2D eigenvalue weighted by atomic mass is 19.4. The van der Waals surface area contributed by atoms with Crippen molar-refractivity contribution in [2.75, 3.05) is 26.2 Å². The number of aryl methyl sites for hydroxylation is 1. The van der Waals surface area contributed by atoms with Gasteiger partial charge in [-0.3, -0.25) is 4.90 Å². The smallest absolute Gasteiger partial charge is 0.309 e. The van der Waals surface area contributed by atoms with Crippen molar-refractivity contribution < 1.29 is 13.2 Å². The molecule has 0 aliphatic carbocycles. The summed E-state index contributed by atoms with van der Waals surface area (Å²) in [6.07, 6.45) is -3.44. The molecule has 1 rings (SSSR count). The minimum Gasteiger partial charge on any atom is -0.309 e. The van der Waals surface area contributed by atoms with Crippen molar-refractivity contribution in [2.24, 2.45) is 0 Å². The molecule has 1 aromatic carbocycles. The molecule has 0 saturated carbocycles. The topological polar surface area (TPSA) is 15.3 Å². The molecule has 0 radical (unpaired) electrons. The first kappa shape index (κ1) is 18.0. The van der Waals surface area contributed by atoms with Crippen LogP contribution in [0.4, 0.5) is 13.2 Å². The summed E-state index contributed by atoms with van der Waals surface area (Å²) < 4.78 is 38.1. The fourth-order valence-electron chi connectivity index (χ4n) is 2.56. The van der Waals surface area contributed by atoms with E-state index in [2.05, 4.69) is 5.32 Å². The van der Waals surface area contributed by atoms with Crippen LogP contribution in [-0.2, 0) is 0 Å². The van der Waals surface area contributed by atoms with Crippen LogP contribution < -0.4 is 5.32 Å². The molecular formula is C16H25F3N2. The summed E-state index contributed by atoms with van der Waals surface area (Å²) in [5, 5.41) is 3.31. The van der Waals surface area contributed by atoms with E-state index in [0.29, 0.717) is 19.5 Å². The number of hydrogen-bond donors (Lipinski definition) is 1. The Hall–Kier alpha value is -1.07. The van der Waals surface area contributed by atoms with Crippen molar-refractivity contribution in [1.29, 1.82) is 0 Å². The molecule has 5 heteroatoms. The Labute approximate surface area is 125 Å². The van der Waals surface area contributed by atoms with Gasteiger partial charge in [-0.1, -0.05) is 38.1 Å². The molecule has 0 aliphatic rings. The van der Waals surface area contributed by atoms with Crippen LogP contribution in [0.3, 0.4) is 0 Å². The largest absolute Gasteiger partial charge is 0.401 e. The molecule has 0 heterocycles. The normalized spacial score (nSPS) is 13.7. The number of benzene rings is 1. The lowest BCUT2D eigenvalue weighted by Gasteiger charge is -2.29. The van der Waals surface area contributed by atoms with Gasteiger partial charge in [0.2, 0.25) is 0 Å². The van der Waals surface area contributed by atoms with Crippen LogP contribution in [0.15, 0.2) is 24.3 Å². The third-order valence-corrected chi connectivity index (χ3v) is 3.40. The van der Waals surface area contributed by atoms with Crippen molar-refractivity contribution >= 4 is 0 Å². The van der Waals surface area contributed by atoms with Gasteiger partial charge in [0.25, 0.3) is 0 Å². The van der Waals surface area contributed by atoms with Gasteiger partial charge < -0.3 is 5.32 Å². The van der Waals surface area contributed by atoms with Gasteiger partial charge in [0.15, 0.2) is 0 Å². The summed E-state index contributed by atoms with van der Waals surface area (Å²) in [4.78, 5) is 1.49. The van der Waals surface area contributed by atoms with E-state index in [1.54, 1.807) is 0 Å². The minimum atomic E-state index is -4.16. The van der Waals surface area contributed by atoms with Crippen LogP contribution in [-0.4, -0.2) is 37.3 Å². The highest BCUT2D eigenvalue weighted by molar-refractivity contribution is 5.29. The summed E-state index contributed by atoms with van der Waals surface area (Å²) in [6.45, 7) is 6.56. The second-order valence-corrected chi connectivity index (χ2v) is 5.32. The molecular weight excluding hydrogens is 277 g/mol. The van der Waals surface area contributed by atoms with Gasteiger partial charge in [0.05, 0.1) is 6.54 Å². The molecule has 0 fully saturated rings. The molecule has 21 heavy (non-hydrogen) atoms. The Morgan fingerprint density at radius 3 is 2.38 bits per heavy atom. The van der Waals surface area contributed by atoms with Crippen LogP contribution in [0.5, 0.6) is 0 Å². The van der Waals surface area contributed by atoms with E-state index in [-0.39, 0.29) is 6.04 Å². The zero-order valence-corrected chi connectivity index (χ0v) is 13.0. The lowest BCUT2D eigenvalue weighted by Crippen LogP contribution is -2.41. The third kappa shape index (κ3) is 6.48. The molecule has 1 aromatic rings. The lowest BCUT2D eigenvalue weighted by molar-refractivity contribution is -0.146. The first-order chi connectivity index (χ1) is 9.87. The molecule has 2 nitrogen and oxygen atoms in total. The fraction of sp³-hybridized carbons (Fsp3) is 0.625. The standard InChI is InChI=1S/C16H25F3N2/c1-4-10-21(12-16(17,18)19)11-15(20-5-2)14-9-7-6-8-13(14)3/h6-9,15,20H,4-5,10-12H2,1-3H3. The lowest BCUT2D eigenvalue weighted by atomic mass is 10.0. The Bertz CT molecular complexity index is 418. The van der Waals surface area contributed by atoms with Crippen molar-refractivity contribution in [3.05, 3.63) is 35.4 Å². The first-order valence-corrected chi connectivity index (χ1v) is 7.45. The average Bonchev–Trinajstić information content (AvgIpc) is 2.37. The number of halogens is 3. The van der Waals surface area contributed by atoms with Gasteiger partial charge in [0, 0.05) is 12.6 Å². The van der Waals surface area contributed by atoms with E-state index < -0.39 is 12.7 Å². The van der Waals surface area contributed by atoms with E-state index in [0.717, 1.165) is 17.7 Å². The summed E-state index contributed by atoms with van der Waals surface area (Å²) in [5.74, 6) is 0. The van der Waals surface area contributed by atoms with E-state index in [1.165, 1.54) is 4.90 Å². The maximum Gasteiger partial charge on any atom is 0.401 e. The molecule has 0 amide bonds. The summed E-state index contributed by atoms with van der Waals surface area (Å²) in [5.41, 5.74) is 2.18. The Morgan fingerprint density at radius 1 is 1.19 bits per heavy atom. The van der Waals surface area contributed by atoms with Crippen LogP contribution >= 0.6 is 0 Å². The van der Waals surface area contributed by atoms with Gasteiger partial charge >= 0.3 is 6.18 Å². The van der Waals surface area contributed by atoms with Gasteiger partial charge in [-0.15, -0.1) is 0 Å². The van der Waals surface area contributed by atoms with Crippen molar-refractivity contribution in [1.82, 2.24) is 10.2 Å². The Morgan fingerprint density at radius 2 is 1.86 bits per heavy atom. The molecule has 0 spiro atoms. The van der Waals surface area contributed by atoms with E-state index >= 15 is 0 Å². The zero-order valence-electron chi connectivity index (χ0n) is 13.0. The molecule has 0 saturated heterocycles. The van der Waals surface area contributed by atoms with Crippen molar-refractivity contribution in [3.63, 3.8) is 0 Å². The van der Waals surface area contributed by atoms with Crippen molar-refractivity contribution in [2.45, 2.75) is 39.4 Å². The van der Waals surface area contributed by atoms with Crippen LogP contribution in [0, 0.1) is 6.92 Å². The summed E-state index contributed by atoms with van der Waals surface area (Å²) in [6, 6.07) is 7.78. The number of nitrogens with zero attached hydrogens (tertiary/aromatic N) is 1. The van der Waals surface area contributed by atoms with E-state index in [4.69, 9.17) is 0 Å². The first-order valence-electron chi connectivity index (χ1n) is 7.45. The maximum atomic E-state index is 12.7. The predicted molar refractivity (Wildman–Crippen MR) is 80.4 cm³/mol. The molecule has 120 valence electrons. The Kier molecular flexibility index (Phi) is 7.18. The van der Waals surface area contributed by atoms with Gasteiger partial charge in [-0.05, 0) is 37.6 Å². The number of alkyl halides is 3. The number of hydrogen-bond acceptors (Lipinski definition) is 2. The molecule has 1 atom stereocenters. The van der Waals surface area contributed by atoms with Crippen LogP contribution in [0.25, 0.3) is 0 Å². The third-order valence-electron chi connectivity index (χ3n) is 3.40. The Balaban J connectivity index is 2.86. The molecule has 0 bridgehead atoms. The second-order valence-electron chi connectivity index (χ2n) is 5.32. The number of nitrogens with one attached hydrogen (secondary N) is 1. The average molecular weight is 302 g/mol. The molecule has 0 aromatic heterocycles. The van der Waals surface area contributed by atoms with Crippen LogP contribution in [0.1, 0.15) is 37.4 Å². The number of likely N-dealkylation sites (N-methyl/N-ethyl adjacent to an activating group) is 1. The summed E-state index contributed by atoms with van der Waals surface area (Å²) in [7, 11) is 0. The van der Waals surface area contributed by atoms with E-state index in [1.807, 2.05) is 45.0 Å². The van der Waals surface area contributed by atoms with E-state index in [9.17, 15) is 13.2 Å². The monoisotopic (exact) mass is 302 g/mol. The second kappa shape index (κ2) is 8.39. The molecule has 1 unspecified atom stereocenters. The summed E-state index contributed by atoms with van der Waals surface area (Å²) >= 11 is 0. The predicted octanol–water partition coefficient (Wildman–Crippen LogP) is 3.92. The van der Waals surface area contributed by atoms with Gasteiger partial charge in [-0.25, -0.2) is 0 Å². The van der Waals surface area contributed by atoms with Gasteiger partial charge in [0.1, 0.15) is 0 Å². The maximum absolute atomic E-state index is 12.7. The minimum absolute atomic E-state index is 0.0786. The molecule has 0 aliphatic heterocycles. The zero-order chi connectivity index (χ0) is 15.9. The SMILES string of the molecule is CCCN(CC(NCC)c1ccccc1C)CC(F)(F)F. The highest BCUT2D eigenvalue weighted by Crippen LogP contribution is 2.22.